The van der Waals surface area contributed by atoms with E-state index in [1.165, 1.54) is 106 Å². The number of nitrogens with zero attached hydrogens (tertiary/aromatic N) is 2. The van der Waals surface area contributed by atoms with Crippen molar-refractivity contribution in [2.75, 3.05) is 9.80 Å². The minimum atomic E-state index is -0.119. The summed E-state index contributed by atoms with van der Waals surface area (Å²) in [5.41, 5.74) is 24.5. The number of hydrogen-bond acceptors (Lipinski definition) is 2. The average molecular weight is 839 g/mol. The quantitative estimate of drug-likeness (QED) is 0.163. The second-order valence-corrected chi connectivity index (χ2v) is 19.6. The van der Waals surface area contributed by atoms with E-state index in [0.717, 1.165) is 64.2 Å². The smallest absolute Gasteiger partial charge is 0.0493 e. The summed E-state index contributed by atoms with van der Waals surface area (Å²) in [6.45, 7) is 4.82. The first-order chi connectivity index (χ1) is 32.0. The first-order valence-electron chi connectivity index (χ1n) is 24.2. The van der Waals surface area contributed by atoms with E-state index >= 15 is 0 Å². The van der Waals surface area contributed by atoms with Gasteiger partial charge in [-0.3, -0.25) is 0 Å². The van der Waals surface area contributed by atoms with Gasteiger partial charge in [0.2, 0.25) is 0 Å². The SMILES string of the molecule is CC1(C)c2ccccc2-c2ccc(-c3c4ccc(N5C6=C(CCC=C6)CCC6=C5C=CCC6)cc4c(-c4ccccc4)c4ccc(N5C6=C(CCC=C6)CCc6ccccc65)cc34)cc21. The van der Waals surface area contributed by atoms with E-state index in [1.54, 1.807) is 16.7 Å². The molecule has 0 spiro atoms. The van der Waals surface area contributed by atoms with E-state index in [2.05, 4.69) is 194 Å². The van der Waals surface area contributed by atoms with Gasteiger partial charge >= 0.3 is 0 Å². The van der Waals surface area contributed by atoms with Crippen LogP contribution in [0.5, 0.6) is 0 Å². The van der Waals surface area contributed by atoms with Crippen molar-refractivity contribution in [2.24, 2.45) is 0 Å². The lowest BCUT2D eigenvalue weighted by Gasteiger charge is -2.32. The topological polar surface area (TPSA) is 6.48 Å². The molecule has 0 radical (unpaired) electrons. The van der Waals surface area contributed by atoms with Crippen LogP contribution >= 0.6 is 0 Å². The molecule has 7 aromatic carbocycles. The molecule has 7 aromatic rings. The van der Waals surface area contributed by atoms with E-state index in [9.17, 15) is 0 Å². The van der Waals surface area contributed by atoms with Crippen LogP contribution in [0.15, 0.2) is 204 Å². The molecule has 0 saturated carbocycles. The molecule has 13 rings (SSSR count). The number of benzene rings is 7. The lowest BCUT2D eigenvalue weighted by Crippen LogP contribution is -2.23. The van der Waals surface area contributed by atoms with Gasteiger partial charge in [-0.05, 0) is 207 Å². The van der Waals surface area contributed by atoms with Gasteiger partial charge in [-0.1, -0.05) is 129 Å². The van der Waals surface area contributed by atoms with Crippen LogP contribution in [0.25, 0.3) is 54.9 Å². The molecule has 0 unspecified atom stereocenters. The highest BCUT2D eigenvalue weighted by atomic mass is 15.2. The minimum absolute atomic E-state index is 0.119. The van der Waals surface area contributed by atoms with Crippen molar-refractivity contribution >= 4 is 38.6 Å². The van der Waals surface area contributed by atoms with Crippen LogP contribution < -0.4 is 9.80 Å². The zero-order valence-corrected chi connectivity index (χ0v) is 37.6. The number of fused-ring (bicyclic) bond motifs is 6. The molecule has 2 aliphatic heterocycles. The van der Waals surface area contributed by atoms with Crippen molar-refractivity contribution < 1.29 is 0 Å². The molecule has 0 saturated heterocycles. The third kappa shape index (κ3) is 6.06. The molecule has 4 aliphatic carbocycles. The van der Waals surface area contributed by atoms with Crippen molar-refractivity contribution in [3.63, 3.8) is 0 Å². The minimum Gasteiger partial charge on any atom is -0.311 e. The van der Waals surface area contributed by atoms with E-state index in [1.807, 2.05) is 0 Å². The summed E-state index contributed by atoms with van der Waals surface area (Å²) in [7, 11) is 0. The van der Waals surface area contributed by atoms with Crippen LogP contribution in [-0.4, -0.2) is 0 Å². The molecule has 0 aromatic heterocycles. The first kappa shape index (κ1) is 38.5. The third-order valence-electron chi connectivity index (χ3n) is 15.7. The molecule has 2 heterocycles. The van der Waals surface area contributed by atoms with E-state index in [-0.39, 0.29) is 5.41 Å². The largest absolute Gasteiger partial charge is 0.311 e. The van der Waals surface area contributed by atoms with Crippen molar-refractivity contribution in [1.29, 1.82) is 0 Å². The Morgan fingerprint density at radius 2 is 0.938 bits per heavy atom. The molecular formula is C63H54N2. The Morgan fingerprint density at radius 1 is 0.400 bits per heavy atom. The fourth-order valence-corrected chi connectivity index (χ4v) is 12.5. The van der Waals surface area contributed by atoms with E-state index in [0.29, 0.717) is 0 Å². The van der Waals surface area contributed by atoms with Crippen LogP contribution in [0.3, 0.4) is 0 Å². The highest BCUT2D eigenvalue weighted by Gasteiger charge is 2.36. The van der Waals surface area contributed by atoms with Crippen LogP contribution in [0, 0.1) is 0 Å². The van der Waals surface area contributed by atoms with Gasteiger partial charge in [-0.2, -0.15) is 0 Å². The predicted octanol–water partition coefficient (Wildman–Crippen LogP) is 17.1. The van der Waals surface area contributed by atoms with Gasteiger partial charge in [0.15, 0.2) is 0 Å². The maximum atomic E-state index is 2.62. The Morgan fingerprint density at radius 3 is 1.62 bits per heavy atom. The summed E-state index contributed by atoms with van der Waals surface area (Å²) in [4.78, 5) is 5.21. The van der Waals surface area contributed by atoms with Crippen molar-refractivity contribution in [3.8, 4) is 33.4 Å². The Balaban J connectivity index is 1.12. The second-order valence-electron chi connectivity index (χ2n) is 19.6. The zero-order valence-electron chi connectivity index (χ0n) is 37.6. The fraction of sp³-hybridized carbons (Fsp3) is 0.206. The summed E-state index contributed by atoms with van der Waals surface area (Å²) in [6, 6.07) is 51.6. The van der Waals surface area contributed by atoms with Crippen LogP contribution in [0.4, 0.5) is 17.1 Å². The fourth-order valence-electron chi connectivity index (χ4n) is 12.5. The van der Waals surface area contributed by atoms with Crippen molar-refractivity contribution in [2.45, 2.75) is 83.5 Å². The van der Waals surface area contributed by atoms with Gasteiger partial charge in [0.05, 0.1) is 0 Å². The summed E-state index contributed by atoms with van der Waals surface area (Å²) in [5.74, 6) is 0. The van der Waals surface area contributed by atoms with Gasteiger partial charge in [-0.15, -0.1) is 0 Å². The average Bonchev–Trinajstić information content (AvgIpc) is 3.47. The third-order valence-corrected chi connectivity index (χ3v) is 15.7. The van der Waals surface area contributed by atoms with Gasteiger partial charge < -0.3 is 9.80 Å². The van der Waals surface area contributed by atoms with E-state index < -0.39 is 0 Å². The monoisotopic (exact) mass is 838 g/mol. The molecule has 0 fully saturated rings. The summed E-state index contributed by atoms with van der Waals surface area (Å²) >= 11 is 0. The molecule has 0 atom stereocenters. The summed E-state index contributed by atoms with van der Waals surface area (Å²) < 4.78 is 0. The maximum Gasteiger partial charge on any atom is 0.0493 e. The molecule has 2 nitrogen and oxygen atoms in total. The zero-order chi connectivity index (χ0) is 43.2. The summed E-state index contributed by atoms with van der Waals surface area (Å²) in [5, 5.41) is 5.15. The number of hydrogen-bond donors (Lipinski definition) is 0. The lowest BCUT2D eigenvalue weighted by molar-refractivity contribution is 0.660. The molecule has 2 heteroatoms. The lowest BCUT2D eigenvalue weighted by atomic mass is 9.80. The Hall–Kier alpha value is -6.90. The summed E-state index contributed by atoms with van der Waals surface area (Å²) in [6.07, 6.45) is 25.6. The molecule has 0 amide bonds. The number of rotatable bonds is 4. The molecule has 0 bridgehead atoms. The number of anilines is 3. The van der Waals surface area contributed by atoms with Crippen LogP contribution in [0.2, 0.25) is 0 Å². The van der Waals surface area contributed by atoms with E-state index in [4.69, 9.17) is 0 Å². The predicted molar refractivity (Wildman–Crippen MR) is 275 cm³/mol. The normalized spacial score (nSPS) is 18.3. The second kappa shape index (κ2) is 15.1. The molecule has 65 heavy (non-hydrogen) atoms. The first-order valence-corrected chi connectivity index (χ1v) is 24.2. The van der Waals surface area contributed by atoms with Gasteiger partial charge in [0, 0.05) is 39.6 Å². The maximum absolute atomic E-state index is 2.62. The number of aryl methyl sites for hydroxylation is 1. The van der Waals surface area contributed by atoms with Crippen LogP contribution in [0.1, 0.15) is 88.3 Å². The Labute approximate surface area is 383 Å². The van der Waals surface area contributed by atoms with Crippen LogP contribution in [-0.2, 0) is 11.8 Å². The number of para-hydroxylation sites is 1. The molecule has 0 N–H and O–H groups in total. The standard InChI is InChI=1S/C63H54N2/c1-63(2)55-23-11-10-22-49(55)50-35-32-46(38-56(50)63)62-52-37-34-47(64-57-24-12-6-16-41(57)28-29-42-17-7-13-25-58(42)64)39-53(52)61(45-20-4-3-5-21-45)51-36-33-48(40-54(51)62)65-59-26-14-8-18-43(59)30-31-44-19-9-15-27-60(44)65/h3-5,8,10-15,18,20-27,32-40H,6-7,9,16-17,19,28-31H2,1-2H3. The molecule has 316 valence electrons. The molecular weight excluding hydrogens is 785 g/mol. The highest BCUT2D eigenvalue weighted by Crippen LogP contribution is 2.53. The van der Waals surface area contributed by atoms with Crippen molar-refractivity contribution in [1.82, 2.24) is 0 Å². The van der Waals surface area contributed by atoms with Gasteiger partial charge in [0.1, 0.15) is 0 Å². The Bertz CT molecular complexity index is 3300. The molecule has 6 aliphatic rings. The highest BCUT2D eigenvalue weighted by molar-refractivity contribution is 6.22. The van der Waals surface area contributed by atoms with Gasteiger partial charge in [0.25, 0.3) is 0 Å². The Kier molecular flexibility index (Phi) is 8.95. The van der Waals surface area contributed by atoms with Crippen molar-refractivity contribution in [3.05, 3.63) is 220 Å². The van der Waals surface area contributed by atoms with Gasteiger partial charge in [-0.25, -0.2) is 0 Å². The number of allylic oxidation sites excluding steroid dienone is 9.